The Labute approximate surface area is 115 Å². The lowest BCUT2D eigenvalue weighted by molar-refractivity contribution is -0.122. The minimum absolute atomic E-state index is 0.0500. The third kappa shape index (κ3) is 4.06. The Morgan fingerprint density at radius 1 is 1.37 bits per heavy atom. The molecule has 3 nitrogen and oxygen atoms in total. The first kappa shape index (κ1) is 14.1. The van der Waals surface area contributed by atoms with E-state index < -0.39 is 0 Å². The van der Waals surface area contributed by atoms with Gasteiger partial charge in [-0.05, 0) is 37.7 Å². The maximum absolute atomic E-state index is 11.9. The summed E-state index contributed by atoms with van der Waals surface area (Å²) in [5.41, 5.74) is 7.19. The van der Waals surface area contributed by atoms with E-state index >= 15 is 0 Å². The largest absolute Gasteiger partial charge is 0.353 e. The molecular weight excluding hydrogens is 236 g/mol. The number of amides is 1. The van der Waals surface area contributed by atoms with Gasteiger partial charge in [0.25, 0.3) is 0 Å². The first-order chi connectivity index (χ1) is 9.16. The summed E-state index contributed by atoms with van der Waals surface area (Å²) in [6.45, 7) is 2.11. The normalized spacial score (nSPS) is 18.4. The number of nitrogens with two attached hydrogens (primary N) is 1. The summed E-state index contributed by atoms with van der Waals surface area (Å²) < 4.78 is 0. The zero-order valence-electron chi connectivity index (χ0n) is 11.6. The van der Waals surface area contributed by atoms with E-state index in [0.29, 0.717) is 24.8 Å². The van der Waals surface area contributed by atoms with E-state index in [-0.39, 0.29) is 11.9 Å². The Morgan fingerprint density at radius 2 is 2.05 bits per heavy atom. The van der Waals surface area contributed by atoms with Crippen LogP contribution in [0.15, 0.2) is 30.3 Å². The monoisotopic (exact) mass is 260 g/mol. The lowest BCUT2D eigenvalue weighted by atomic mass is 9.80. The van der Waals surface area contributed by atoms with Crippen LogP contribution in [0.4, 0.5) is 0 Å². The van der Waals surface area contributed by atoms with Crippen LogP contribution in [-0.2, 0) is 4.79 Å². The van der Waals surface area contributed by atoms with E-state index in [0.717, 1.165) is 5.56 Å². The topological polar surface area (TPSA) is 55.1 Å². The molecule has 0 saturated heterocycles. The molecule has 0 aromatic heterocycles. The van der Waals surface area contributed by atoms with Crippen molar-refractivity contribution in [3.05, 3.63) is 35.9 Å². The van der Waals surface area contributed by atoms with Crippen LogP contribution in [-0.4, -0.2) is 11.9 Å². The van der Waals surface area contributed by atoms with Crippen molar-refractivity contribution >= 4 is 5.91 Å². The summed E-state index contributed by atoms with van der Waals surface area (Å²) >= 11 is 0. The van der Waals surface area contributed by atoms with Gasteiger partial charge < -0.3 is 11.1 Å². The van der Waals surface area contributed by atoms with Crippen molar-refractivity contribution in [1.29, 1.82) is 0 Å². The molecule has 3 N–H and O–H groups in total. The highest BCUT2D eigenvalue weighted by Gasteiger charge is 2.24. The van der Waals surface area contributed by atoms with Crippen LogP contribution in [0.3, 0.4) is 0 Å². The molecule has 0 bridgehead atoms. The molecule has 2 atom stereocenters. The van der Waals surface area contributed by atoms with Crippen molar-refractivity contribution in [2.75, 3.05) is 0 Å². The highest BCUT2D eigenvalue weighted by Crippen LogP contribution is 2.29. The third-order valence-corrected chi connectivity index (χ3v) is 4.16. The van der Waals surface area contributed by atoms with Gasteiger partial charge in [0.2, 0.25) is 5.91 Å². The fraction of sp³-hybridized carbons (Fsp3) is 0.562. The van der Waals surface area contributed by atoms with E-state index in [4.69, 9.17) is 5.73 Å². The van der Waals surface area contributed by atoms with Crippen LogP contribution < -0.4 is 11.1 Å². The Balaban J connectivity index is 1.71. The second kappa shape index (κ2) is 6.71. The number of nitrogens with one attached hydrogen (secondary N) is 1. The molecule has 1 aliphatic carbocycles. The Bertz CT molecular complexity index is 400. The number of carbonyl (C=O) groups excluding carboxylic acids is 1. The Hall–Kier alpha value is -1.35. The van der Waals surface area contributed by atoms with Crippen molar-refractivity contribution < 1.29 is 4.79 Å². The minimum Gasteiger partial charge on any atom is -0.353 e. The first-order valence-electron chi connectivity index (χ1n) is 7.26. The van der Waals surface area contributed by atoms with Crippen molar-refractivity contribution in [3.63, 3.8) is 0 Å². The fourth-order valence-corrected chi connectivity index (χ4v) is 2.54. The predicted octanol–water partition coefficient (Wildman–Crippen LogP) is 2.77. The number of carbonyl (C=O) groups is 1. The van der Waals surface area contributed by atoms with E-state index in [9.17, 15) is 4.79 Å². The van der Waals surface area contributed by atoms with E-state index in [1.165, 1.54) is 19.3 Å². The number of benzene rings is 1. The van der Waals surface area contributed by atoms with Gasteiger partial charge >= 0.3 is 0 Å². The molecule has 1 amide bonds. The molecule has 1 aromatic carbocycles. The third-order valence-electron chi connectivity index (χ3n) is 4.16. The van der Waals surface area contributed by atoms with Gasteiger partial charge in [-0.1, -0.05) is 36.8 Å². The van der Waals surface area contributed by atoms with E-state index in [1.807, 2.05) is 30.3 Å². The molecule has 1 saturated carbocycles. The molecule has 1 aliphatic rings. The van der Waals surface area contributed by atoms with Crippen molar-refractivity contribution in [3.8, 4) is 0 Å². The molecule has 1 fully saturated rings. The molecule has 0 aliphatic heterocycles. The smallest absolute Gasteiger partial charge is 0.220 e. The van der Waals surface area contributed by atoms with Crippen LogP contribution in [0.25, 0.3) is 0 Å². The molecule has 3 heteroatoms. The van der Waals surface area contributed by atoms with Gasteiger partial charge in [-0.25, -0.2) is 0 Å². The summed E-state index contributed by atoms with van der Waals surface area (Å²) in [7, 11) is 0. The summed E-state index contributed by atoms with van der Waals surface area (Å²) in [5, 5.41) is 3.09. The Morgan fingerprint density at radius 3 is 2.63 bits per heavy atom. The second-order valence-electron chi connectivity index (χ2n) is 5.60. The van der Waals surface area contributed by atoms with Crippen LogP contribution in [0.1, 0.15) is 50.6 Å². The van der Waals surface area contributed by atoms with E-state index in [1.54, 1.807) is 0 Å². The van der Waals surface area contributed by atoms with Gasteiger partial charge in [-0.2, -0.15) is 0 Å². The second-order valence-corrected chi connectivity index (χ2v) is 5.60. The maximum Gasteiger partial charge on any atom is 0.220 e. The standard InChI is InChI=1S/C16H24N2O/c1-12(13-8-5-9-13)18-16(19)11-10-15(17)14-6-3-2-4-7-14/h2-4,6-7,12-13,15H,5,8-11,17H2,1H3,(H,18,19). The molecule has 0 spiro atoms. The summed E-state index contributed by atoms with van der Waals surface area (Å²) in [5.74, 6) is 0.817. The number of hydrogen-bond donors (Lipinski definition) is 2. The summed E-state index contributed by atoms with van der Waals surface area (Å²) in [6.07, 6.45) is 5.03. The van der Waals surface area contributed by atoms with Crippen molar-refractivity contribution in [1.82, 2.24) is 5.32 Å². The zero-order chi connectivity index (χ0) is 13.7. The SMILES string of the molecule is CC(NC(=O)CCC(N)c1ccccc1)C1CCC1. The molecule has 0 heterocycles. The van der Waals surface area contributed by atoms with Crippen LogP contribution in [0.5, 0.6) is 0 Å². The molecule has 104 valence electrons. The summed E-state index contributed by atoms with van der Waals surface area (Å²) in [6, 6.07) is 10.2. The van der Waals surface area contributed by atoms with Crippen molar-refractivity contribution in [2.24, 2.45) is 11.7 Å². The van der Waals surface area contributed by atoms with Gasteiger partial charge in [-0.15, -0.1) is 0 Å². The van der Waals surface area contributed by atoms with Gasteiger partial charge in [-0.3, -0.25) is 4.79 Å². The Kier molecular flexibility index (Phi) is 4.97. The van der Waals surface area contributed by atoms with Gasteiger partial charge in [0, 0.05) is 18.5 Å². The van der Waals surface area contributed by atoms with Crippen LogP contribution in [0, 0.1) is 5.92 Å². The highest BCUT2D eigenvalue weighted by molar-refractivity contribution is 5.76. The lowest BCUT2D eigenvalue weighted by Crippen LogP contribution is -2.40. The number of rotatable bonds is 6. The maximum atomic E-state index is 11.9. The van der Waals surface area contributed by atoms with Crippen LogP contribution in [0.2, 0.25) is 0 Å². The van der Waals surface area contributed by atoms with E-state index in [2.05, 4.69) is 12.2 Å². The zero-order valence-corrected chi connectivity index (χ0v) is 11.6. The average Bonchev–Trinajstić information content (AvgIpc) is 2.34. The molecule has 2 unspecified atom stereocenters. The molecule has 1 aromatic rings. The highest BCUT2D eigenvalue weighted by atomic mass is 16.1. The first-order valence-corrected chi connectivity index (χ1v) is 7.26. The average molecular weight is 260 g/mol. The lowest BCUT2D eigenvalue weighted by Gasteiger charge is -2.32. The molecule has 19 heavy (non-hydrogen) atoms. The predicted molar refractivity (Wildman–Crippen MR) is 77.6 cm³/mol. The van der Waals surface area contributed by atoms with Crippen LogP contribution >= 0.6 is 0 Å². The minimum atomic E-state index is -0.0500. The molecule has 2 rings (SSSR count). The fourth-order valence-electron chi connectivity index (χ4n) is 2.54. The summed E-state index contributed by atoms with van der Waals surface area (Å²) in [4.78, 5) is 11.9. The number of hydrogen-bond acceptors (Lipinski definition) is 2. The quantitative estimate of drug-likeness (QED) is 0.826. The van der Waals surface area contributed by atoms with Gasteiger partial charge in [0.1, 0.15) is 0 Å². The van der Waals surface area contributed by atoms with Crippen molar-refractivity contribution in [2.45, 2.75) is 51.1 Å². The molecular formula is C16H24N2O. The van der Waals surface area contributed by atoms with Gasteiger partial charge in [0.15, 0.2) is 0 Å². The van der Waals surface area contributed by atoms with Gasteiger partial charge in [0.05, 0.1) is 0 Å². The molecule has 0 radical (unpaired) electrons.